The molecule has 0 aliphatic rings. The Bertz CT molecular complexity index is 505. The summed E-state index contributed by atoms with van der Waals surface area (Å²) < 4.78 is 0. The van der Waals surface area contributed by atoms with E-state index in [9.17, 15) is 4.79 Å². The Balaban J connectivity index is 2.54. The molecule has 0 bridgehead atoms. The molecule has 0 saturated heterocycles. The number of anilines is 1. The summed E-state index contributed by atoms with van der Waals surface area (Å²) in [5.41, 5.74) is 13.4. The van der Waals surface area contributed by atoms with Crippen LogP contribution in [-0.4, -0.2) is 5.91 Å². The van der Waals surface area contributed by atoms with Crippen LogP contribution in [0.4, 0.5) is 5.69 Å². The maximum absolute atomic E-state index is 11.1. The van der Waals surface area contributed by atoms with E-state index in [2.05, 4.69) is 0 Å². The van der Waals surface area contributed by atoms with Gasteiger partial charge in [0.2, 0.25) is 0 Å². The zero-order chi connectivity index (χ0) is 10.8. The van der Waals surface area contributed by atoms with E-state index in [-0.39, 0.29) is 0 Å². The molecule has 4 N–H and O–H groups in total. The number of hydrogen-bond acceptors (Lipinski definition) is 3. The van der Waals surface area contributed by atoms with E-state index in [0.717, 1.165) is 11.1 Å². The Labute approximate surface area is 91.3 Å². The molecular formula is C11H10N2OS. The number of benzene rings is 1. The van der Waals surface area contributed by atoms with Gasteiger partial charge in [0, 0.05) is 11.3 Å². The Morgan fingerprint density at radius 1 is 1.27 bits per heavy atom. The molecule has 0 spiro atoms. The summed E-state index contributed by atoms with van der Waals surface area (Å²) in [4.78, 5) is 11.7. The number of primary amides is 1. The van der Waals surface area contributed by atoms with Gasteiger partial charge in [-0.25, -0.2) is 0 Å². The number of hydrogen-bond donors (Lipinski definition) is 2. The van der Waals surface area contributed by atoms with Crippen LogP contribution in [0.25, 0.3) is 11.1 Å². The predicted molar refractivity (Wildman–Crippen MR) is 62.7 cm³/mol. The number of rotatable bonds is 2. The molecule has 0 aliphatic carbocycles. The van der Waals surface area contributed by atoms with Crippen molar-refractivity contribution < 1.29 is 4.79 Å². The van der Waals surface area contributed by atoms with Crippen LogP contribution in [-0.2, 0) is 0 Å². The van der Waals surface area contributed by atoms with Gasteiger partial charge in [-0.3, -0.25) is 4.79 Å². The summed E-state index contributed by atoms with van der Waals surface area (Å²) in [5, 5.41) is 1.85. The Morgan fingerprint density at radius 3 is 2.73 bits per heavy atom. The lowest BCUT2D eigenvalue weighted by Crippen LogP contribution is -2.09. The first-order chi connectivity index (χ1) is 7.18. The molecule has 0 atom stereocenters. The molecule has 1 amide bonds. The zero-order valence-corrected chi connectivity index (χ0v) is 8.75. The van der Waals surface area contributed by atoms with Gasteiger partial charge in [0.05, 0.1) is 4.88 Å². The van der Waals surface area contributed by atoms with Gasteiger partial charge in [-0.2, -0.15) is 0 Å². The summed E-state index contributed by atoms with van der Waals surface area (Å²) in [7, 11) is 0. The highest BCUT2D eigenvalue weighted by Crippen LogP contribution is 2.28. The lowest BCUT2D eigenvalue weighted by molar-refractivity contribution is 0.100. The van der Waals surface area contributed by atoms with E-state index in [1.165, 1.54) is 11.3 Å². The fourth-order valence-corrected chi connectivity index (χ4v) is 2.20. The quantitative estimate of drug-likeness (QED) is 0.758. The van der Waals surface area contributed by atoms with Gasteiger partial charge in [-0.1, -0.05) is 12.1 Å². The molecule has 1 heterocycles. The molecule has 0 radical (unpaired) electrons. The minimum absolute atomic E-state index is 0.401. The molecule has 15 heavy (non-hydrogen) atoms. The van der Waals surface area contributed by atoms with Crippen molar-refractivity contribution in [2.45, 2.75) is 0 Å². The van der Waals surface area contributed by atoms with Crippen molar-refractivity contribution in [2.24, 2.45) is 5.73 Å². The van der Waals surface area contributed by atoms with Crippen LogP contribution < -0.4 is 11.5 Å². The SMILES string of the molecule is NC(=O)c1sccc1-c1cccc(N)c1. The van der Waals surface area contributed by atoms with Gasteiger partial charge < -0.3 is 11.5 Å². The van der Waals surface area contributed by atoms with Crippen LogP contribution >= 0.6 is 11.3 Å². The second-order valence-corrected chi connectivity index (χ2v) is 4.07. The largest absolute Gasteiger partial charge is 0.399 e. The van der Waals surface area contributed by atoms with E-state index >= 15 is 0 Å². The van der Waals surface area contributed by atoms with Crippen molar-refractivity contribution in [3.8, 4) is 11.1 Å². The summed E-state index contributed by atoms with van der Waals surface area (Å²) in [6, 6.07) is 9.27. The molecule has 2 aromatic rings. The maximum Gasteiger partial charge on any atom is 0.259 e. The summed E-state index contributed by atoms with van der Waals surface area (Å²) >= 11 is 1.34. The first-order valence-electron chi connectivity index (χ1n) is 4.41. The first-order valence-corrected chi connectivity index (χ1v) is 5.29. The highest BCUT2D eigenvalue weighted by molar-refractivity contribution is 7.12. The minimum Gasteiger partial charge on any atom is -0.399 e. The highest BCUT2D eigenvalue weighted by Gasteiger charge is 2.11. The second-order valence-electron chi connectivity index (χ2n) is 3.15. The lowest BCUT2D eigenvalue weighted by Gasteiger charge is -2.01. The van der Waals surface area contributed by atoms with Crippen LogP contribution in [0.3, 0.4) is 0 Å². The van der Waals surface area contributed by atoms with Crippen LogP contribution in [0.15, 0.2) is 35.7 Å². The third-order valence-electron chi connectivity index (χ3n) is 2.09. The Morgan fingerprint density at radius 2 is 2.07 bits per heavy atom. The molecule has 3 nitrogen and oxygen atoms in total. The fourth-order valence-electron chi connectivity index (χ4n) is 1.43. The summed E-state index contributed by atoms with van der Waals surface area (Å²) in [6.07, 6.45) is 0. The number of carbonyl (C=O) groups excluding carboxylic acids is 1. The average Bonchev–Trinajstić information content (AvgIpc) is 2.65. The minimum atomic E-state index is -0.401. The van der Waals surface area contributed by atoms with Gasteiger partial charge in [0.1, 0.15) is 0 Å². The van der Waals surface area contributed by atoms with Gasteiger partial charge in [0.15, 0.2) is 0 Å². The van der Waals surface area contributed by atoms with Crippen molar-refractivity contribution in [3.63, 3.8) is 0 Å². The van der Waals surface area contributed by atoms with E-state index in [1.54, 1.807) is 6.07 Å². The van der Waals surface area contributed by atoms with E-state index in [0.29, 0.717) is 10.6 Å². The fraction of sp³-hybridized carbons (Fsp3) is 0. The number of nitrogen functional groups attached to an aromatic ring is 1. The maximum atomic E-state index is 11.1. The van der Waals surface area contributed by atoms with Crippen molar-refractivity contribution in [2.75, 3.05) is 5.73 Å². The predicted octanol–water partition coefficient (Wildman–Crippen LogP) is 2.10. The molecule has 0 fully saturated rings. The molecule has 76 valence electrons. The molecule has 1 aromatic carbocycles. The van der Waals surface area contributed by atoms with Gasteiger partial charge in [0.25, 0.3) is 5.91 Å². The standard InChI is InChI=1S/C11H10N2OS/c12-8-3-1-2-7(6-8)9-4-5-15-10(9)11(13)14/h1-6H,12H2,(H2,13,14). The van der Waals surface area contributed by atoms with Crippen LogP contribution in [0, 0.1) is 0 Å². The van der Waals surface area contributed by atoms with Crippen LogP contribution in [0.5, 0.6) is 0 Å². The first kappa shape index (κ1) is 9.73. The molecular weight excluding hydrogens is 208 g/mol. The van der Waals surface area contributed by atoms with Crippen molar-refractivity contribution >= 4 is 22.9 Å². The summed E-state index contributed by atoms with van der Waals surface area (Å²) in [6.45, 7) is 0. The molecule has 1 aromatic heterocycles. The summed E-state index contributed by atoms with van der Waals surface area (Å²) in [5.74, 6) is -0.401. The molecule has 0 aliphatic heterocycles. The molecule has 0 saturated carbocycles. The molecule has 4 heteroatoms. The zero-order valence-electron chi connectivity index (χ0n) is 7.94. The highest BCUT2D eigenvalue weighted by atomic mass is 32.1. The van der Waals surface area contributed by atoms with Crippen molar-refractivity contribution in [3.05, 3.63) is 40.6 Å². The second kappa shape index (κ2) is 3.74. The lowest BCUT2D eigenvalue weighted by atomic mass is 10.1. The monoisotopic (exact) mass is 218 g/mol. The van der Waals surface area contributed by atoms with Gasteiger partial charge in [-0.15, -0.1) is 11.3 Å². The third-order valence-corrected chi connectivity index (χ3v) is 3.02. The topological polar surface area (TPSA) is 69.1 Å². The Kier molecular flexibility index (Phi) is 2.43. The molecule has 2 rings (SSSR count). The van der Waals surface area contributed by atoms with Crippen LogP contribution in [0.1, 0.15) is 9.67 Å². The molecule has 0 unspecified atom stereocenters. The number of amides is 1. The normalized spacial score (nSPS) is 10.1. The van der Waals surface area contributed by atoms with E-state index in [4.69, 9.17) is 11.5 Å². The smallest absolute Gasteiger partial charge is 0.259 e. The van der Waals surface area contributed by atoms with Gasteiger partial charge in [-0.05, 0) is 29.1 Å². The Hall–Kier alpha value is -1.81. The number of nitrogens with two attached hydrogens (primary N) is 2. The van der Waals surface area contributed by atoms with Crippen molar-refractivity contribution in [1.82, 2.24) is 0 Å². The van der Waals surface area contributed by atoms with Crippen LogP contribution in [0.2, 0.25) is 0 Å². The van der Waals surface area contributed by atoms with E-state index < -0.39 is 5.91 Å². The number of carbonyl (C=O) groups is 1. The third kappa shape index (κ3) is 1.85. The van der Waals surface area contributed by atoms with Gasteiger partial charge >= 0.3 is 0 Å². The van der Waals surface area contributed by atoms with E-state index in [1.807, 2.05) is 29.6 Å². The van der Waals surface area contributed by atoms with Crippen molar-refractivity contribution in [1.29, 1.82) is 0 Å². The average molecular weight is 218 g/mol. The number of thiophene rings is 1.